The summed E-state index contributed by atoms with van der Waals surface area (Å²) in [4.78, 5) is 32.5. The SMILES string of the molecule is CCCNC(=O)c1ccc(C(=O)Nc2nc3c(OC)ccc(-c4ccccc4)c3[nH]2)cc1. The van der Waals surface area contributed by atoms with Gasteiger partial charge in [-0.1, -0.05) is 37.3 Å². The van der Waals surface area contributed by atoms with Crippen LogP contribution in [-0.4, -0.2) is 35.4 Å². The van der Waals surface area contributed by atoms with E-state index in [1.165, 1.54) is 0 Å². The van der Waals surface area contributed by atoms with Crippen molar-refractivity contribution in [1.82, 2.24) is 15.3 Å². The van der Waals surface area contributed by atoms with Gasteiger partial charge < -0.3 is 15.0 Å². The molecule has 0 aliphatic carbocycles. The minimum absolute atomic E-state index is 0.156. The molecule has 4 aromatic rings. The van der Waals surface area contributed by atoms with E-state index in [-0.39, 0.29) is 11.8 Å². The Morgan fingerprint density at radius 2 is 1.62 bits per heavy atom. The van der Waals surface area contributed by atoms with Gasteiger partial charge in [0.05, 0.1) is 12.6 Å². The Balaban J connectivity index is 1.59. The molecule has 0 spiro atoms. The van der Waals surface area contributed by atoms with Crippen LogP contribution in [0.25, 0.3) is 22.2 Å². The molecule has 0 radical (unpaired) electrons. The summed E-state index contributed by atoms with van der Waals surface area (Å²) in [5.41, 5.74) is 4.32. The molecule has 162 valence electrons. The number of amides is 2. The van der Waals surface area contributed by atoms with Crippen molar-refractivity contribution in [3.63, 3.8) is 0 Å². The largest absolute Gasteiger partial charge is 0.494 e. The summed E-state index contributed by atoms with van der Waals surface area (Å²) in [6, 6.07) is 20.3. The second-order valence-electron chi connectivity index (χ2n) is 7.28. The van der Waals surface area contributed by atoms with Crippen LogP contribution >= 0.6 is 0 Å². The van der Waals surface area contributed by atoms with E-state index < -0.39 is 0 Å². The number of hydrogen-bond acceptors (Lipinski definition) is 4. The number of hydrogen-bond donors (Lipinski definition) is 3. The van der Waals surface area contributed by atoms with E-state index in [2.05, 4.69) is 20.6 Å². The Bertz CT molecular complexity index is 1250. The van der Waals surface area contributed by atoms with Crippen molar-refractivity contribution in [3.8, 4) is 16.9 Å². The Morgan fingerprint density at radius 3 is 2.28 bits per heavy atom. The zero-order valence-electron chi connectivity index (χ0n) is 17.9. The lowest BCUT2D eigenvalue weighted by Crippen LogP contribution is -2.24. The number of H-pyrrole nitrogens is 1. The van der Waals surface area contributed by atoms with E-state index in [1.807, 2.05) is 49.4 Å². The number of aromatic amines is 1. The maximum absolute atomic E-state index is 12.8. The molecule has 0 saturated carbocycles. The summed E-state index contributed by atoms with van der Waals surface area (Å²) in [6.07, 6.45) is 0.862. The molecule has 0 fully saturated rings. The van der Waals surface area contributed by atoms with Crippen LogP contribution in [0.5, 0.6) is 5.75 Å². The fourth-order valence-corrected chi connectivity index (χ4v) is 3.44. The lowest BCUT2D eigenvalue weighted by Gasteiger charge is -2.06. The van der Waals surface area contributed by atoms with Crippen LogP contribution in [0, 0.1) is 0 Å². The third kappa shape index (κ3) is 4.32. The van der Waals surface area contributed by atoms with Crippen LogP contribution in [-0.2, 0) is 0 Å². The average molecular weight is 428 g/mol. The van der Waals surface area contributed by atoms with Crippen LogP contribution in [0.4, 0.5) is 5.95 Å². The Hall–Kier alpha value is -4.13. The molecule has 32 heavy (non-hydrogen) atoms. The van der Waals surface area contributed by atoms with Gasteiger partial charge in [0.15, 0.2) is 0 Å². The number of anilines is 1. The number of aromatic nitrogens is 2. The van der Waals surface area contributed by atoms with Crippen LogP contribution in [0.2, 0.25) is 0 Å². The normalized spacial score (nSPS) is 10.7. The maximum atomic E-state index is 12.8. The van der Waals surface area contributed by atoms with Crippen molar-refractivity contribution >= 4 is 28.8 Å². The van der Waals surface area contributed by atoms with Gasteiger partial charge in [-0.3, -0.25) is 14.9 Å². The molecule has 3 N–H and O–H groups in total. The van der Waals surface area contributed by atoms with Crippen LogP contribution in [0.3, 0.4) is 0 Å². The highest BCUT2D eigenvalue weighted by atomic mass is 16.5. The van der Waals surface area contributed by atoms with Gasteiger partial charge in [-0.25, -0.2) is 4.98 Å². The average Bonchev–Trinajstić information content (AvgIpc) is 3.26. The van der Waals surface area contributed by atoms with E-state index >= 15 is 0 Å². The predicted octanol–water partition coefficient (Wildman–Crippen LogP) is 4.63. The molecule has 1 aromatic heterocycles. The first kappa shape index (κ1) is 21.1. The Labute approximate surface area is 185 Å². The molecule has 4 rings (SSSR count). The van der Waals surface area contributed by atoms with Gasteiger partial charge in [-0.15, -0.1) is 0 Å². The van der Waals surface area contributed by atoms with Gasteiger partial charge >= 0.3 is 0 Å². The topological polar surface area (TPSA) is 96.1 Å². The Kier molecular flexibility index (Phi) is 6.17. The summed E-state index contributed by atoms with van der Waals surface area (Å²) >= 11 is 0. The third-order valence-electron chi connectivity index (χ3n) is 5.09. The van der Waals surface area contributed by atoms with Crippen LogP contribution in [0.1, 0.15) is 34.1 Å². The smallest absolute Gasteiger partial charge is 0.257 e. The quantitative estimate of drug-likeness (QED) is 0.400. The number of nitrogens with one attached hydrogen (secondary N) is 3. The summed E-state index contributed by atoms with van der Waals surface area (Å²) in [5, 5.41) is 5.61. The number of benzene rings is 3. The molecule has 0 bridgehead atoms. The summed E-state index contributed by atoms with van der Waals surface area (Å²) < 4.78 is 5.45. The highest BCUT2D eigenvalue weighted by molar-refractivity contribution is 6.05. The summed E-state index contributed by atoms with van der Waals surface area (Å²) in [7, 11) is 1.59. The van der Waals surface area contributed by atoms with Crippen molar-refractivity contribution in [2.45, 2.75) is 13.3 Å². The first-order valence-corrected chi connectivity index (χ1v) is 10.4. The molecule has 0 aliphatic heterocycles. The van der Waals surface area contributed by atoms with E-state index in [0.717, 1.165) is 23.1 Å². The monoisotopic (exact) mass is 428 g/mol. The lowest BCUT2D eigenvalue weighted by atomic mass is 10.0. The minimum Gasteiger partial charge on any atom is -0.494 e. The van der Waals surface area contributed by atoms with Crippen molar-refractivity contribution in [2.75, 3.05) is 19.0 Å². The maximum Gasteiger partial charge on any atom is 0.257 e. The number of ether oxygens (including phenoxy) is 1. The van der Waals surface area contributed by atoms with Crippen LogP contribution < -0.4 is 15.4 Å². The summed E-state index contributed by atoms with van der Waals surface area (Å²) in [5.74, 6) is 0.441. The van der Waals surface area contributed by atoms with E-state index in [1.54, 1.807) is 31.4 Å². The number of rotatable bonds is 7. The zero-order chi connectivity index (χ0) is 22.5. The lowest BCUT2D eigenvalue weighted by molar-refractivity contribution is 0.0951. The van der Waals surface area contributed by atoms with Crippen molar-refractivity contribution < 1.29 is 14.3 Å². The van der Waals surface area contributed by atoms with E-state index in [9.17, 15) is 9.59 Å². The van der Waals surface area contributed by atoms with Crippen molar-refractivity contribution in [3.05, 3.63) is 77.9 Å². The molecule has 0 saturated heterocycles. The standard InChI is InChI=1S/C25H24N4O3/c1-3-15-26-23(30)17-9-11-18(12-10-17)24(31)29-25-27-21-19(16-7-5-4-6-8-16)13-14-20(32-2)22(21)28-25/h4-14H,3,15H2,1-2H3,(H,26,30)(H2,27,28,29,31). The number of nitrogens with zero attached hydrogens (tertiary/aromatic N) is 1. The molecule has 0 aliphatic rings. The minimum atomic E-state index is -0.329. The number of fused-ring (bicyclic) bond motifs is 1. The number of carbonyl (C=O) groups is 2. The van der Waals surface area contributed by atoms with Gasteiger partial charge in [-0.2, -0.15) is 0 Å². The number of imidazole rings is 1. The first-order chi connectivity index (χ1) is 15.6. The second kappa shape index (κ2) is 9.34. The third-order valence-corrected chi connectivity index (χ3v) is 5.09. The van der Waals surface area contributed by atoms with Gasteiger partial charge in [0.25, 0.3) is 11.8 Å². The van der Waals surface area contributed by atoms with Gasteiger partial charge in [0, 0.05) is 23.2 Å². The molecule has 7 heteroatoms. The zero-order valence-corrected chi connectivity index (χ0v) is 17.9. The molecule has 0 atom stereocenters. The molecule has 3 aromatic carbocycles. The van der Waals surface area contributed by atoms with Gasteiger partial charge in [0.2, 0.25) is 5.95 Å². The van der Waals surface area contributed by atoms with E-state index in [0.29, 0.717) is 34.9 Å². The number of carbonyl (C=O) groups excluding carboxylic acids is 2. The van der Waals surface area contributed by atoms with E-state index in [4.69, 9.17) is 4.74 Å². The molecular formula is C25H24N4O3. The van der Waals surface area contributed by atoms with Gasteiger partial charge in [-0.05, 0) is 48.4 Å². The summed E-state index contributed by atoms with van der Waals surface area (Å²) in [6.45, 7) is 2.60. The fraction of sp³-hybridized carbons (Fsp3) is 0.160. The second-order valence-corrected chi connectivity index (χ2v) is 7.28. The molecule has 0 unspecified atom stereocenters. The molecular weight excluding hydrogens is 404 g/mol. The predicted molar refractivity (Wildman–Crippen MR) is 125 cm³/mol. The highest BCUT2D eigenvalue weighted by Crippen LogP contribution is 2.33. The van der Waals surface area contributed by atoms with Gasteiger partial charge in [0.1, 0.15) is 11.3 Å². The molecule has 7 nitrogen and oxygen atoms in total. The Morgan fingerprint density at radius 1 is 0.938 bits per heavy atom. The van der Waals surface area contributed by atoms with Crippen LogP contribution in [0.15, 0.2) is 66.7 Å². The van der Waals surface area contributed by atoms with Crippen molar-refractivity contribution in [1.29, 1.82) is 0 Å². The molecule has 2 amide bonds. The first-order valence-electron chi connectivity index (χ1n) is 10.4. The number of methoxy groups -OCH3 is 1. The highest BCUT2D eigenvalue weighted by Gasteiger charge is 2.16. The fourth-order valence-electron chi connectivity index (χ4n) is 3.44. The molecule has 1 heterocycles. The van der Waals surface area contributed by atoms with Crippen molar-refractivity contribution in [2.24, 2.45) is 0 Å².